The topological polar surface area (TPSA) is 14.8 Å². The van der Waals surface area contributed by atoms with E-state index < -0.39 is 0 Å². The van der Waals surface area contributed by atoms with Gasteiger partial charge in [-0.05, 0) is 61.4 Å². The Bertz CT molecular complexity index is 2930. The number of hydrogen-bond donors (Lipinski definition) is 0. The van der Waals surface area contributed by atoms with Gasteiger partial charge in [-0.1, -0.05) is 121 Å². The molecule has 1 aliphatic carbocycles. The number of aromatic nitrogens is 3. The van der Waals surface area contributed by atoms with Crippen molar-refractivity contribution >= 4 is 60.6 Å². The Morgan fingerprint density at radius 1 is 0.490 bits per heavy atom. The molecule has 0 fully saturated rings. The molecule has 10 aromatic rings. The molecule has 0 unspecified atom stereocenters. The lowest BCUT2D eigenvalue weighted by Gasteiger charge is -2.17. The van der Waals surface area contributed by atoms with Crippen molar-refractivity contribution in [2.75, 3.05) is 0 Å². The highest BCUT2D eigenvalue weighted by atomic mass is 15.0. The van der Waals surface area contributed by atoms with Crippen LogP contribution in [0.4, 0.5) is 0 Å². The molecule has 0 atom stereocenters. The van der Waals surface area contributed by atoms with Crippen molar-refractivity contribution in [3.8, 4) is 28.2 Å². The molecular formula is C48H31N3. The molecule has 3 heterocycles. The third-order valence-corrected chi connectivity index (χ3v) is 10.8. The third-order valence-electron chi connectivity index (χ3n) is 10.8. The molecule has 3 heteroatoms. The van der Waals surface area contributed by atoms with Gasteiger partial charge in [-0.3, -0.25) is 0 Å². The molecule has 3 aromatic heterocycles. The largest absolute Gasteiger partial charge is 0.312 e. The predicted molar refractivity (Wildman–Crippen MR) is 212 cm³/mol. The van der Waals surface area contributed by atoms with Crippen LogP contribution in [0.2, 0.25) is 0 Å². The summed E-state index contributed by atoms with van der Waals surface area (Å²) in [5.41, 5.74) is 14.3. The summed E-state index contributed by atoms with van der Waals surface area (Å²) in [7, 11) is 0. The van der Waals surface area contributed by atoms with Gasteiger partial charge in [0.25, 0.3) is 0 Å². The Morgan fingerprint density at radius 3 is 1.71 bits per heavy atom. The van der Waals surface area contributed by atoms with Gasteiger partial charge in [0.05, 0.1) is 44.6 Å². The zero-order valence-electron chi connectivity index (χ0n) is 27.8. The molecule has 3 nitrogen and oxygen atoms in total. The van der Waals surface area contributed by atoms with Gasteiger partial charge in [0.15, 0.2) is 0 Å². The molecule has 0 spiro atoms. The van der Waals surface area contributed by atoms with Crippen LogP contribution in [0.3, 0.4) is 0 Å². The number of fused-ring (bicyclic) bond motifs is 9. The first-order valence-electron chi connectivity index (χ1n) is 17.7. The van der Waals surface area contributed by atoms with Crippen LogP contribution < -0.4 is 0 Å². The van der Waals surface area contributed by atoms with E-state index in [-0.39, 0.29) is 0 Å². The van der Waals surface area contributed by atoms with Crippen LogP contribution >= 0.6 is 0 Å². The van der Waals surface area contributed by atoms with Crippen molar-refractivity contribution in [2.24, 2.45) is 0 Å². The van der Waals surface area contributed by atoms with Gasteiger partial charge < -0.3 is 13.7 Å². The minimum absolute atomic E-state index is 0.971. The fourth-order valence-electron chi connectivity index (χ4n) is 8.68. The van der Waals surface area contributed by atoms with Crippen LogP contribution in [0, 0.1) is 12.1 Å². The minimum Gasteiger partial charge on any atom is -0.312 e. The molecular weight excluding hydrogens is 619 g/mol. The molecule has 0 amide bonds. The first-order valence-corrected chi connectivity index (χ1v) is 17.7. The Labute approximate surface area is 295 Å². The summed E-state index contributed by atoms with van der Waals surface area (Å²) >= 11 is 0. The summed E-state index contributed by atoms with van der Waals surface area (Å²) in [6.07, 6.45) is 6.66. The number of nitrogens with zero attached hydrogens (tertiary/aromatic N) is 3. The fraction of sp³-hybridized carbons (Fsp3) is 0.0417. The Morgan fingerprint density at radius 2 is 1.04 bits per heavy atom. The van der Waals surface area contributed by atoms with Crippen molar-refractivity contribution < 1.29 is 0 Å². The summed E-state index contributed by atoms with van der Waals surface area (Å²) < 4.78 is 7.34. The van der Waals surface area contributed by atoms with Gasteiger partial charge in [-0.25, -0.2) is 0 Å². The molecule has 238 valence electrons. The fourth-order valence-corrected chi connectivity index (χ4v) is 8.68. The lowest BCUT2D eigenvalue weighted by atomic mass is 10.0. The molecule has 1 aliphatic rings. The standard InChI is InChI=1S/C48H31N3/c1-7-23-40(34(17-1)32-15-13-16-33(31-32)49-41-24-8-2-18-35(41)36-19-3-9-25-42(36)49)50-45-28-12-6-22-39(45)48-46(50)29-14-30-47(48)51-43-26-10-4-20-37(43)38-21-5-11-27-44(38)51/h1-11,14,16-27,29-31H,12,28H2. The van der Waals surface area contributed by atoms with Crippen LogP contribution in [0.15, 0.2) is 158 Å². The second kappa shape index (κ2) is 10.9. The van der Waals surface area contributed by atoms with Crippen LogP contribution in [-0.4, -0.2) is 13.7 Å². The van der Waals surface area contributed by atoms with Gasteiger partial charge in [0.2, 0.25) is 0 Å². The maximum atomic E-state index is 3.52. The highest BCUT2D eigenvalue weighted by Gasteiger charge is 2.24. The molecule has 11 rings (SSSR count). The highest BCUT2D eigenvalue weighted by Crippen LogP contribution is 2.42. The smallest absolute Gasteiger partial charge is 0.0562 e. The number of rotatable bonds is 4. The van der Waals surface area contributed by atoms with Crippen molar-refractivity contribution in [3.05, 3.63) is 181 Å². The van der Waals surface area contributed by atoms with E-state index in [9.17, 15) is 0 Å². The molecule has 0 N–H and O–H groups in total. The van der Waals surface area contributed by atoms with Crippen molar-refractivity contribution in [1.29, 1.82) is 0 Å². The third kappa shape index (κ3) is 4.02. The molecule has 0 radical (unpaired) electrons. The van der Waals surface area contributed by atoms with E-state index in [1.54, 1.807) is 0 Å². The minimum atomic E-state index is 0.971. The molecule has 0 saturated heterocycles. The van der Waals surface area contributed by atoms with Gasteiger partial charge in [0, 0.05) is 55.4 Å². The lowest BCUT2D eigenvalue weighted by Crippen LogP contribution is -2.04. The van der Waals surface area contributed by atoms with Gasteiger partial charge in [-0.2, -0.15) is 0 Å². The van der Waals surface area contributed by atoms with Gasteiger partial charge in [0.1, 0.15) is 0 Å². The van der Waals surface area contributed by atoms with Crippen LogP contribution in [0.5, 0.6) is 0 Å². The summed E-state index contributed by atoms with van der Waals surface area (Å²) in [6, 6.07) is 61.7. The van der Waals surface area contributed by atoms with E-state index in [1.165, 1.54) is 71.5 Å². The molecule has 0 bridgehead atoms. The number of hydrogen-bond acceptors (Lipinski definition) is 0. The summed E-state index contributed by atoms with van der Waals surface area (Å²) in [4.78, 5) is 0. The zero-order chi connectivity index (χ0) is 33.5. The quantitative estimate of drug-likeness (QED) is 0.180. The zero-order valence-corrected chi connectivity index (χ0v) is 27.8. The molecule has 7 aromatic carbocycles. The maximum absolute atomic E-state index is 3.52. The second-order valence-corrected chi connectivity index (χ2v) is 13.5. The van der Waals surface area contributed by atoms with Crippen LogP contribution in [-0.2, 0) is 6.42 Å². The maximum Gasteiger partial charge on any atom is 0.0562 e. The van der Waals surface area contributed by atoms with Crippen LogP contribution in [0.25, 0.3) is 88.8 Å². The van der Waals surface area contributed by atoms with Crippen molar-refractivity contribution in [2.45, 2.75) is 12.8 Å². The molecule has 0 saturated carbocycles. The average molecular weight is 650 g/mol. The van der Waals surface area contributed by atoms with E-state index in [2.05, 4.69) is 190 Å². The molecule has 0 aliphatic heterocycles. The number of allylic oxidation sites excluding steroid dienone is 1. The summed E-state index contributed by atoms with van der Waals surface area (Å²) in [5.74, 6) is 0. The first-order chi connectivity index (χ1) is 25.3. The number of benzene rings is 6. The van der Waals surface area contributed by atoms with E-state index in [0.717, 1.165) is 35.3 Å². The van der Waals surface area contributed by atoms with E-state index in [4.69, 9.17) is 0 Å². The molecule has 51 heavy (non-hydrogen) atoms. The predicted octanol–water partition coefficient (Wildman–Crippen LogP) is 12.1. The summed E-state index contributed by atoms with van der Waals surface area (Å²) in [5, 5.41) is 6.32. The monoisotopic (exact) mass is 649 g/mol. The van der Waals surface area contributed by atoms with E-state index in [0.29, 0.717) is 0 Å². The first kappa shape index (κ1) is 28.1. The number of para-hydroxylation sites is 5. The van der Waals surface area contributed by atoms with Gasteiger partial charge in [-0.15, -0.1) is 0 Å². The van der Waals surface area contributed by atoms with Crippen LogP contribution in [0.1, 0.15) is 17.7 Å². The second-order valence-electron chi connectivity index (χ2n) is 13.5. The van der Waals surface area contributed by atoms with Gasteiger partial charge >= 0.3 is 0 Å². The Hall–Kier alpha value is -6.76. The van der Waals surface area contributed by atoms with Crippen molar-refractivity contribution in [1.82, 2.24) is 13.7 Å². The van der Waals surface area contributed by atoms with E-state index >= 15 is 0 Å². The summed E-state index contributed by atoms with van der Waals surface area (Å²) in [6.45, 7) is 0. The van der Waals surface area contributed by atoms with Crippen molar-refractivity contribution in [3.63, 3.8) is 0 Å². The Balaban J connectivity index is 1.16. The SMILES string of the molecule is c1cc(-n2c3ccccc3c3ccccc32)cc(-c2ccccc2-n2c3c(c4c(-n5c6ccccc6c6ccccc65)cccc42)C=CCC3)c#1. The highest BCUT2D eigenvalue weighted by molar-refractivity contribution is 6.12. The normalized spacial score (nSPS) is 12.7. The average Bonchev–Trinajstić information content (AvgIpc) is 3.84. The van der Waals surface area contributed by atoms with E-state index in [1.807, 2.05) is 0 Å². The lowest BCUT2D eigenvalue weighted by molar-refractivity contribution is 0.889. The Kier molecular flexibility index (Phi) is 5.99.